The molecule has 0 unspecified atom stereocenters. The van der Waals surface area contributed by atoms with Crippen LogP contribution in [0.15, 0.2) is 77.7 Å². The number of benzene rings is 3. The number of thioether (sulfide) groups is 1. The molecule has 182 valence electrons. The molecule has 4 rings (SSSR count). The molecule has 3 aromatic rings. The van der Waals surface area contributed by atoms with Crippen LogP contribution in [0.2, 0.25) is 0 Å². The van der Waals surface area contributed by atoms with E-state index in [0.717, 1.165) is 21.7 Å². The smallest absolute Gasteiger partial charge is 0.338 e. The number of hydrogen-bond acceptors (Lipinski definition) is 7. The van der Waals surface area contributed by atoms with E-state index in [9.17, 15) is 24.0 Å². The van der Waals surface area contributed by atoms with Crippen LogP contribution in [0.1, 0.15) is 17.3 Å². The van der Waals surface area contributed by atoms with Gasteiger partial charge in [-0.1, -0.05) is 36.4 Å². The van der Waals surface area contributed by atoms with Gasteiger partial charge in [-0.05, 0) is 54.4 Å². The third-order valence-corrected chi connectivity index (χ3v) is 6.07. The average Bonchev–Trinajstić information content (AvgIpc) is 3.12. The number of rotatable bonds is 7. The highest BCUT2D eigenvalue weighted by Crippen LogP contribution is 2.31. The van der Waals surface area contributed by atoms with Crippen molar-refractivity contribution in [2.45, 2.75) is 6.92 Å². The Hall–Kier alpha value is -4.44. The van der Waals surface area contributed by atoms with Crippen LogP contribution >= 0.6 is 11.8 Å². The number of nitrogens with zero attached hydrogens (tertiary/aromatic N) is 1. The maximum absolute atomic E-state index is 12.7. The Labute approximate surface area is 210 Å². The number of anilines is 2. The van der Waals surface area contributed by atoms with E-state index in [1.165, 1.54) is 24.3 Å². The Morgan fingerprint density at radius 2 is 1.67 bits per heavy atom. The van der Waals surface area contributed by atoms with Crippen LogP contribution in [0.25, 0.3) is 10.8 Å². The molecule has 0 radical (unpaired) electrons. The molecule has 0 aromatic heterocycles. The molecule has 0 saturated carbocycles. The fraction of sp³-hybridized carbons (Fsp3) is 0.115. The molecule has 36 heavy (non-hydrogen) atoms. The number of imide groups is 1. The van der Waals surface area contributed by atoms with Crippen molar-refractivity contribution < 1.29 is 28.7 Å². The lowest BCUT2D eigenvalue weighted by molar-refractivity contribution is -0.127. The van der Waals surface area contributed by atoms with E-state index in [-0.39, 0.29) is 11.5 Å². The minimum atomic E-state index is -0.731. The van der Waals surface area contributed by atoms with Crippen LogP contribution < -0.4 is 10.6 Å². The Bertz CT molecular complexity index is 1400. The standard InChI is InChI=1S/C26H21N3O6S/c1-2-35-25(33)17-10-12-18(13-11-17)27-22(30)14-21-24(32)29(26(34)36-21)15-23(31)28-20-9-5-7-16-6-3-4-8-19(16)20/h3-14H,2,15H2,1H3,(H,27,30)(H,28,31)/b21-14-. The van der Waals surface area contributed by atoms with Crippen LogP contribution in [0.4, 0.5) is 16.2 Å². The predicted molar refractivity (Wildman–Crippen MR) is 136 cm³/mol. The Morgan fingerprint density at radius 3 is 2.42 bits per heavy atom. The van der Waals surface area contributed by atoms with Crippen LogP contribution in [0.5, 0.6) is 0 Å². The first-order valence-electron chi connectivity index (χ1n) is 11.0. The van der Waals surface area contributed by atoms with Crippen LogP contribution in [0.3, 0.4) is 0 Å². The van der Waals surface area contributed by atoms with Gasteiger partial charge in [0.15, 0.2) is 0 Å². The summed E-state index contributed by atoms with van der Waals surface area (Å²) in [5, 5.41) is 6.42. The van der Waals surface area contributed by atoms with Crippen molar-refractivity contribution in [2.24, 2.45) is 0 Å². The molecule has 1 heterocycles. The fourth-order valence-electron chi connectivity index (χ4n) is 3.51. The SMILES string of the molecule is CCOC(=O)c1ccc(NC(=O)/C=C2\SC(=O)N(CC(=O)Nc3cccc4ccccc34)C2=O)cc1. The summed E-state index contributed by atoms with van der Waals surface area (Å²) in [6, 6.07) is 19.0. The number of fused-ring (bicyclic) bond motifs is 1. The second kappa shape index (κ2) is 10.9. The lowest BCUT2D eigenvalue weighted by atomic mass is 10.1. The number of carbonyl (C=O) groups is 5. The van der Waals surface area contributed by atoms with Crippen molar-refractivity contribution >= 4 is 62.8 Å². The molecule has 1 aliphatic heterocycles. The number of ether oxygens (including phenoxy) is 1. The lowest BCUT2D eigenvalue weighted by Crippen LogP contribution is -2.36. The van der Waals surface area contributed by atoms with Gasteiger partial charge in [-0.2, -0.15) is 0 Å². The molecule has 4 amide bonds. The van der Waals surface area contributed by atoms with Gasteiger partial charge in [0.05, 0.1) is 17.1 Å². The van der Waals surface area contributed by atoms with Gasteiger partial charge in [0.1, 0.15) is 6.54 Å². The zero-order valence-electron chi connectivity index (χ0n) is 19.1. The minimum absolute atomic E-state index is 0.0985. The monoisotopic (exact) mass is 503 g/mol. The summed E-state index contributed by atoms with van der Waals surface area (Å²) in [5.74, 6) is -2.38. The normalized spacial score (nSPS) is 14.2. The van der Waals surface area contributed by atoms with Gasteiger partial charge >= 0.3 is 5.97 Å². The number of esters is 1. The molecular formula is C26H21N3O6S. The Balaban J connectivity index is 1.38. The average molecular weight is 504 g/mol. The number of nitrogens with one attached hydrogen (secondary N) is 2. The molecule has 0 atom stereocenters. The summed E-state index contributed by atoms with van der Waals surface area (Å²) < 4.78 is 4.91. The molecule has 3 aromatic carbocycles. The predicted octanol–water partition coefficient (Wildman–Crippen LogP) is 4.17. The highest BCUT2D eigenvalue weighted by atomic mass is 32.2. The van der Waals surface area contributed by atoms with Gasteiger partial charge in [-0.15, -0.1) is 0 Å². The maximum Gasteiger partial charge on any atom is 0.338 e. The number of hydrogen-bond donors (Lipinski definition) is 2. The largest absolute Gasteiger partial charge is 0.462 e. The molecule has 1 fully saturated rings. The summed E-state index contributed by atoms with van der Waals surface area (Å²) in [5.41, 5.74) is 1.28. The molecule has 1 aliphatic rings. The summed E-state index contributed by atoms with van der Waals surface area (Å²) in [6.45, 7) is 1.46. The highest BCUT2D eigenvalue weighted by molar-refractivity contribution is 8.18. The fourth-order valence-corrected chi connectivity index (χ4v) is 4.31. The van der Waals surface area contributed by atoms with Crippen molar-refractivity contribution in [3.8, 4) is 0 Å². The van der Waals surface area contributed by atoms with Crippen LogP contribution in [-0.2, 0) is 19.1 Å². The van der Waals surface area contributed by atoms with E-state index >= 15 is 0 Å². The third-order valence-electron chi connectivity index (χ3n) is 5.16. The molecule has 0 spiro atoms. The molecule has 10 heteroatoms. The van der Waals surface area contributed by atoms with E-state index in [4.69, 9.17) is 4.74 Å². The van der Waals surface area contributed by atoms with Crippen LogP contribution in [0, 0.1) is 0 Å². The van der Waals surface area contributed by atoms with Gasteiger partial charge in [0.25, 0.3) is 11.1 Å². The summed E-state index contributed by atoms with van der Waals surface area (Å²) in [6.07, 6.45) is 1.01. The second-order valence-electron chi connectivity index (χ2n) is 7.63. The Kier molecular flexibility index (Phi) is 7.45. The van der Waals surface area contributed by atoms with E-state index in [2.05, 4.69) is 10.6 Å². The zero-order valence-corrected chi connectivity index (χ0v) is 20.0. The van der Waals surface area contributed by atoms with Crippen molar-refractivity contribution in [3.63, 3.8) is 0 Å². The molecular weight excluding hydrogens is 482 g/mol. The molecule has 0 bridgehead atoms. The number of amides is 4. The van der Waals surface area contributed by atoms with Gasteiger partial charge in [-0.25, -0.2) is 4.79 Å². The van der Waals surface area contributed by atoms with Crippen molar-refractivity contribution in [1.82, 2.24) is 4.90 Å². The number of carbonyl (C=O) groups excluding carboxylic acids is 5. The quantitative estimate of drug-likeness (QED) is 0.366. The van der Waals surface area contributed by atoms with Gasteiger partial charge in [0, 0.05) is 22.8 Å². The summed E-state index contributed by atoms with van der Waals surface area (Å²) in [4.78, 5) is 62.4. The zero-order chi connectivity index (χ0) is 25.7. The van der Waals surface area contributed by atoms with Crippen LogP contribution in [-0.4, -0.2) is 47.0 Å². The summed E-state index contributed by atoms with van der Waals surface area (Å²) >= 11 is 0.580. The lowest BCUT2D eigenvalue weighted by Gasteiger charge is -2.13. The van der Waals surface area contributed by atoms with E-state index in [1.807, 2.05) is 30.3 Å². The first-order chi connectivity index (χ1) is 17.4. The third kappa shape index (κ3) is 5.61. The molecule has 0 aliphatic carbocycles. The van der Waals surface area contributed by atoms with E-state index in [0.29, 0.717) is 28.7 Å². The van der Waals surface area contributed by atoms with E-state index in [1.54, 1.807) is 19.1 Å². The summed E-state index contributed by atoms with van der Waals surface area (Å²) in [7, 11) is 0. The molecule has 9 nitrogen and oxygen atoms in total. The topological polar surface area (TPSA) is 122 Å². The van der Waals surface area contributed by atoms with Gasteiger partial charge in [0.2, 0.25) is 11.8 Å². The molecule has 2 N–H and O–H groups in total. The highest BCUT2D eigenvalue weighted by Gasteiger charge is 2.36. The maximum atomic E-state index is 12.7. The first kappa shape index (κ1) is 24.7. The van der Waals surface area contributed by atoms with Gasteiger partial charge < -0.3 is 15.4 Å². The minimum Gasteiger partial charge on any atom is -0.462 e. The second-order valence-corrected chi connectivity index (χ2v) is 8.62. The van der Waals surface area contributed by atoms with Crippen molar-refractivity contribution in [3.05, 3.63) is 83.3 Å². The molecule has 1 saturated heterocycles. The first-order valence-corrected chi connectivity index (χ1v) is 11.8. The van der Waals surface area contributed by atoms with Crippen molar-refractivity contribution in [2.75, 3.05) is 23.8 Å². The van der Waals surface area contributed by atoms with E-state index < -0.39 is 35.5 Å². The van der Waals surface area contributed by atoms with Crippen molar-refractivity contribution in [1.29, 1.82) is 0 Å². The Morgan fingerprint density at radius 1 is 0.944 bits per heavy atom. The van der Waals surface area contributed by atoms with Gasteiger partial charge in [-0.3, -0.25) is 24.1 Å².